The van der Waals surface area contributed by atoms with Crippen LogP contribution in [0.2, 0.25) is 0 Å². The van der Waals surface area contributed by atoms with Gasteiger partial charge in [0.2, 0.25) is 0 Å². The summed E-state index contributed by atoms with van der Waals surface area (Å²) in [7, 11) is 0. The average molecular weight is 338 g/mol. The molecule has 0 saturated carbocycles. The van der Waals surface area contributed by atoms with Crippen molar-refractivity contribution in [1.82, 2.24) is 0 Å². The maximum atomic E-state index is 12.6. The van der Waals surface area contributed by atoms with Crippen molar-refractivity contribution < 1.29 is 19.1 Å². The Kier molecular flexibility index (Phi) is 4.79. The van der Waals surface area contributed by atoms with Crippen LogP contribution in [0.1, 0.15) is 22.8 Å². The maximum Gasteiger partial charge on any atom is 0.397 e. The molecule has 2 aromatic rings. The number of nitrogens with one attached hydrogen (secondary N) is 1. The van der Waals surface area contributed by atoms with Crippen molar-refractivity contribution in [2.24, 2.45) is 0 Å². The molecule has 25 heavy (non-hydrogen) atoms. The summed E-state index contributed by atoms with van der Waals surface area (Å²) in [6.07, 6.45) is 0.691. The Labute approximate surface area is 145 Å². The minimum Gasteiger partial charge on any atom is -0.459 e. The smallest absolute Gasteiger partial charge is 0.397 e. The van der Waals surface area contributed by atoms with Crippen LogP contribution in [0, 0.1) is 0 Å². The highest BCUT2D eigenvalue weighted by atomic mass is 16.5. The van der Waals surface area contributed by atoms with Crippen LogP contribution in [-0.4, -0.2) is 30.9 Å². The number of fused-ring (bicyclic) bond motifs is 1. The van der Waals surface area contributed by atoms with E-state index >= 15 is 0 Å². The second-order valence-corrected chi connectivity index (χ2v) is 5.59. The Morgan fingerprint density at radius 1 is 1.12 bits per heavy atom. The summed E-state index contributed by atoms with van der Waals surface area (Å²) in [6, 6.07) is 14.3. The molecular weight excluding hydrogens is 320 g/mol. The Balaban J connectivity index is 1.76. The van der Waals surface area contributed by atoms with Crippen molar-refractivity contribution in [1.29, 1.82) is 0 Å². The minimum atomic E-state index is -0.913. The molecule has 0 aliphatic carbocycles. The number of esters is 1. The molecule has 0 bridgehead atoms. The molecule has 0 aromatic heterocycles. The van der Waals surface area contributed by atoms with E-state index in [-0.39, 0.29) is 12.5 Å². The normalized spacial score (nSPS) is 12.4. The number of anilines is 2. The first-order valence-electron chi connectivity index (χ1n) is 8.08. The van der Waals surface area contributed by atoms with Crippen molar-refractivity contribution >= 4 is 29.2 Å². The quantitative estimate of drug-likeness (QED) is 0.689. The number of benzene rings is 2. The third-order valence-electron chi connectivity index (χ3n) is 3.96. The summed E-state index contributed by atoms with van der Waals surface area (Å²) in [5.41, 5.74) is 2.91. The Bertz CT molecular complexity index is 817. The van der Waals surface area contributed by atoms with Crippen LogP contribution in [0.5, 0.6) is 0 Å². The van der Waals surface area contributed by atoms with Gasteiger partial charge in [0.15, 0.2) is 0 Å². The fraction of sp³-hybridized carbons (Fsp3) is 0.211. The first-order valence-corrected chi connectivity index (χ1v) is 8.08. The molecule has 0 radical (unpaired) electrons. The molecule has 2 aromatic carbocycles. The number of carbonyl (C=O) groups is 3. The standard InChI is InChI=1S/C19H18N2O4/c1-2-25-19(24)17(22)20-15-8-9-16-14(12-15)10-11-21(16)18(23)13-6-4-3-5-7-13/h3-9,12H,2,10-11H2,1H3,(H,20,22). The number of nitrogens with zero attached hydrogens (tertiary/aromatic N) is 1. The van der Waals surface area contributed by atoms with Crippen molar-refractivity contribution in [2.75, 3.05) is 23.4 Å². The van der Waals surface area contributed by atoms with Crippen molar-refractivity contribution in [3.05, 3.63) is 59.7 Å². The van der Waals surface area contributed by atoms with Gasteiger partial charge in [0.05, 0.1) is 6.61 Å². The summed E-state index contributed by atoms with van der Waals surface area (Å²) in [4.78, 5) is 37.5. The van der Waals surface area contributed by atoms with E-state index in [0.717, 1.165) is 11.3 Å². The molecule has 6 nitrogen and oxygen atoms in total. The first-order chi connectivity index (χ1) is 12.1. The van der Waals surface area contributed by atoms with Gasteiger partial charge in [-0.05, 0) is 49.2 Å². The lowest BCUT2D eigenvalue weighted by atomic mass is 10.1. The molecule has 2 amide bonds. The van der Waals surface area contributed by atoms with Crippen molar-refractivity contribution in [2.45, 2.75) is 13.3 Å². The third kappa shape index (κ3) is 3.52. The molecule has 0 atom stereocenters. The topological polar surface area (TPSA) is 75.7 Å². The fourth-order valence-electron chi connectivity index (χ4n) is 2.81. The number of ether oxygens (including phenoxy) is 1. The predicted octanol–water partition coefficient (Wildman–Crippen LogP) is 2.39. The highest BCUT2D eigenvalue weighted by molar-refractivity contribution is 6.37. The van der Waals surface area contributed by atoms with Crippen molar-refractivity contribution in [3.63, 3.8) is 0 Å². The molecule has 0 fully saturated rings. The minimum absolute atomic E-state index is 0.0531. The third-order valence-corrected chi connectivity index (χ3v) is 3.96. The molecule has 0 spiro atoms. The molecule has 1 N–H and O–H groups in total. The maximum absolute atomic E-state index is 12.6. The molecule has 1 aliphatic heterocycles. The molecule has 6 heteroatoms. The van der Waals surface area contributed by atoms with Crippen LogP contribution in [0.15, 0.2) is 48.5 Å². The first kappa shape index (κ1) is 16.7. The summed E-state index contributed by atoms with van der Waals surface area (Å²) >= 11 is 0. The molecule has 0 saturated heterocycles. The predicted molar refractivity (Wildman–Crippen MR) is 93.5 cm³/mol. The fourth-order valence-corrected chi connectivity index (χ4v) is 2.81. The van der Waals surface area contributed by atoms with Gasteiger partial charge in [-0.1, -0.05) is 18.2 Å². The van der Waals surface area contributed by atoms with Crippen molar-refractivity contribution in [3.8, 4) is 0 Å². The number of hydrogen-bond acceptors (Lipinski definition) is 4. The molecule has 1 aliphatic rings. The van der Waals surface area contributed by atoms with Crippen LogP contribution in [0.3, 0.4) is 0 Å². The number of rotatable bonds is 3. The van der Waals surface area contributed by atoms with Gasteiger partial charge in [-0.3, -0.25) is 9.59 Å². The van der Waals surface area contributed by atoms with Gasteiger partial charge in [-0.2, -0.15) is 0 Å². The van der Waals surface area contributed by atoms with Gasteiger partial charge >= 0.3 is 11.9 Å². The Hall–Kier alpha value is -3.15. The van der Waals surface area contributed by atoms with E-state index in [4.69, 9.17) is 0 Å². The van der Waals surface area contributed by atoms with Gasteiger partial charge in [0.1, 0.15) is 0 Å². The van der Waals surface area contributed by atoms with Gasteiger partial charge in [0, 0.05) is 23.5 Å². The van der Waals surface area contributed by atoms with Gasteiger partial charge in [-0.15, -0.1) is 0 Å². The summed E-state index contributed by atoms with van der Waals surface area (Å²) in [6.45, 7) is 2.37. The molecule has 1 heterocycles. The van der Waals surface area contributed by atoms with Crippen LogP contribution in [0.4, 0.5) is 11.4 Å². The van der Waals surface area contributed by atoms with E-state index in [1.54, 1.807) is 42.2 Å². The highest BCUT2D eigenvalue weighted by Crippen LogP contribution is 2.31. The van der Waals surface area contributed by atoms with Crippen LogP contribution < -0.4 is 10.2 Å². The molecule has 128 valence electrons. The van der Waals surface area contributed by atoms with E-state index in [1.807, 2.05) is 18.2 Å². The van der Waals surface area contributed by atoms with Crippen LogP contribution >= 0.6 is 0 Å². The zero-order chi connectivity index (χ0) is 17.8. The zero-order valence-electron chi connectivity index (χ0n) is 13.8. The molecular formula is C19H18N2O4. The zero-order valence-corrected chi connectivity index (χ0v) is 13.8. The van der Waals surface area contributed by atoms with E-state index < -0.39 is 11.9 Å². The second-order valence-electron chi connectivity index (χ2n) is 5.59. The highest BCUT2D eigenvalue weighted by Gasteiger charge is 2.26. The second kappa shape index (κ2) is 7.17. The monoisotopic (exact) mass is 338 g/mol. The Morgan fingerprint density at radius 3 is 2.60 bits per heavy atom. The van der Waals surface area contributed by atoms with Gasteiger partial charge < -0.3 is 15.0 Å². The lowest BCUT2D eigenvalue weighted by molar-refractivity contribution is -0.152. The largest absolute Gasteiger partial charge is 0.459 e. The van der Waals surface area contributed by atoms with E-state index in [2.05, 4.69) is 10.1 Å². The summed E-state index contributed by atoms with van der Waals surface area (Å²) in [5, 5.41) is 2.52. The SMILES string of the molecule is CCOC(=O)C(=O)Nc1ccc2c(c1)CCN2C(=O)c1ccccc1. The summed E-state index contributed by atoms with van der Waals surface area (Å²) < 4.78 is 4.66. The number of carbonyl (C=O) groups excluding carboxylic acids is 3. The van der Waals surface area contributed by atoms with E-state index in [0.29, 0.717) is 24.2 Å². The summed E-state index contributed by atoms with van der Waals surface area (Å²) in [5.74, 6) is -1.77. The average Bonchev–Trinajstić information content (AvgIpc) is 3.05. The van der Waals surface area contributed by atoms with E-state index in [1.165, 1.54) is 0 Å². The van der Waals surface area contributed by atoms with Crippen LogP contribution in [0.25, 0.3) is 0 Å². The van der Waals surface area contributed by atoms with E-state index in [9.17, 15) is 14.4 Å². The van der Waals surface area contributed by atoms with Crippen LogP contribution in [-0.2, 0) is 20.7 Å². The molecule has 0 unspecified atom stereocenters. The van der Waals surface area contributed by atoms with Gasteiger partial charge in [0.25, 0.3) is 5.91 Å². The Morgan fingerprint density at radius 2 is 1.88 bits per heavy atom. The lowest BCUT2D eigenvalue weighted by Gasteiger charge is -2.17. The number of hydrogen-bond donors (Lipinski definition) is 1. The molecule has 3 rings (SSSR count). The number of amides is 2. The lowest BCUT2D eigenvalue weighted by Crippen LogP contribution is -2.28. The van der Waals surface area contributed by atoms with Gasteiger partial charge in [-0.25, -0.2) is 4.79 Å².